The van der Waals surface area contributed by atoms with Crippen molar-refractivity contribution in [3.05, 3.63) is 41.7 Å². The van der Waals surface area contributed by atoms with E-state index in [2.05, 4.69) is 20.6 Å². The van der Waals surface area contributed by atoms with E-state index in [0.29, 0.717) is 12.2 Å². The van der Waals surface area contributed by atoms with Gasteiger partial charge in [-0.25, -0.2) is 4.39 Å². The molecule has 0 bridgehead atoms. The van der Waals surface area contributed by atoms with Gasteiger partial charge in [-0.1, -0.05) is 11.6 Å². The maximum absolute atomic E-state index is 13.2. The largest absolute Gasteiger partial charge is 0.390 e. The molecule has 2 heterocycles. The van der Waals surface area contributed by atoms with Crippen LogP contribution in [-0.4, -0.2) is 37.0 Å². The Morgan fingerprint density at radius 2 is 2.30 bits per heavy atom. The monoisotopic (exact) mass is 319 g/mol. The lowest BCUT2D eigenvalue weighted by atomic mass is 10.0. The number of nitrogens with zero attached hydrogens (tertiary/aromatic N) is 4. The molecule has 7 nitrogen and oxygen atoms in total. The molecule has 1 aliphatic rings. The molecule has 3 rings (SSSR count). The Morgan fingerprint density at radius 3 is 3.04 bits per heavy atom. The third kappa shape index (κ3) is 3.70. The number of aromatic nitrogens is 4. The van der Waals surface area contributed by atoms with E-state index in [1.807, 2.05) is 0 Å². The Balaban J connectivity index is 1.63. The van der Waals surface area contributed by atoms with E-state index in [1.54, 1.807) is 10.9 Å². The Bertz CT molecular complexity index is 690. The molecule has 0 spiro atoms. The van der Waals surface area contributed by atoms with Crippen LogP contribution >= 0.6 is 0 Å². The van der Waals surface area contributed by atoms with Gasteiger partial charge < -0.3 is 10.4 Å². The average Bonchev–Trinajstić information content (AvgIpc) is 3.17. The van der Waals surface area contributed by atoms with Gasteiger partial charge in [0.15, 0.2) is 0 Å². The molecule has 2 atom stereocenters. The predicted octanol–water partition coefficient (Wildman–Crippen LogP) is 0.903. The smallest absolute Gasteiger partial charge is 0.253 e. The number of halogens is 1. The van der Waals surface area contributed by atoms with E-state index in [1.165, 1.54) is 12.3 Å². The number of hydrogen-bond acceptors (Lipinski definition) is 5. The second-order valence-electron chi connectivity index (χ2n) is 5.75. The zero-order chi connectivity index (χ0) is 16.2. The Morgan fingerprint density at radius 1 is 1.43 bits per heavy atom. The van der Waals surface area contributed by atoms with Gasteiger partial charge in [-0.2, -0.15) is 0 Å². The lowest BCUT2D eigenvalue weighted by Gasteiger charge is -2.20. The molecule has 0 unspecified atom stereocenters. The number of aliphatic hydroxyl groups is 1. The van der Waals surface area contributed by atoms with E-state index in [9.17, 15) is 9.18 Å². The molecule has 2 N–H and O–H groups in total. The fraction of sp³-hybridized carbons (Fsp3) is 0.467. The Hall–Kier alpha value is -2.35. The molecular weight excluding hydrogens is 301 g/mol. The van der Waals surface area contributed by atoms with Crippen LogP contribution in [-0.2, 0) is 13.2 Å². The molecule has 1 fully saturated rings. The van der Waals surface area contributed by atoms with Crippen LogP contribution < -0.4 is 5.32 Å². The lowest BCUT2D eigenvalue weighted by Crippen LogP contribution is -2.38. The summed E-state index contributed by atoms with van der Waals surface area (Å²) in [5, 5.41) is 19.8. The summed E-state index contributed by atoms with van der Waals surface area (Å²) in [4.78, 5) is 15.9. The second-order valence-corrected chi connectivity index (χ2v) is 5.75. The van der Waals surface area contributed by atoms with Crippen molar-refractivity contribution in [1.29, 1.82) is 0 Å². The van der Waals surface area contributed by atoms with E-state index < -0.39 is 5.82 Å². The van der Waals surface area contributed by atoms with Crippen molar-refractivity contribution in [1.82, 2.24) is 25.3 Å². The highest BCUT2D eigenvalue weighted by atomic mass is 19.1. The van der Waals surface area contributed by atoms with Crippen LogP contribution in [0.1, 0.15) is 35.3 Å². The highest BCUT2D eigenvalue weighted by Gasteiger charge is 2.29. The van der Waals surface area contributed by atoms with Crippen molar-refractivity contribution in [2.45, 2.75) is 38.5 Å². The van der Waals surface area contributed by atoms with Crippen LogP contribution in [0, 0.1) is 11.7 Å². The SMILES string of the molecule is O=C(N[C@H]1CCC[C@H]1Cn1cc(CO)nn1)c1cncc(F)c1. The molecule has 1 saturated carbocycles. The third-order valence-electron chi connectivity index (χ3n) is 4.11. The highest BCUT2D eigenvalue weighted by molar-refractivity contribution is 5.94. The summed E-state index contributed by atoms with van der Waals surface area (Å²) >= 11 is 0. The first-order valence-corrected chi connectivity index (χ1v) is 7.57. The summed E-state index contributed by atoms with van der Waals surface area (Å²) in [6, 6.07) is 1.18. The molecule has 23 heavy (non-hydrogen) atoms. The van der Waals surface area contributed by atoms with Gasteiger partial charge in [0.1, 0.15) is 11.5 Å². The van der Waals surface area contributed by atoms with Gasteiger partial charge in [0, 0.05) is 18.8 Å². The van der Waals surface area contributed by atoms with Gasteiger partial charge in [-0.3, -0.25) is 14.5 Å². The van der Waals surface area contributed by atoms with Crippen LogP contribution in [0.3, 0.4) is 0 Å². The summed E-state index contributed by atoms with van der Waals surface area (Å²) in [6.45, 7) is 0.483. The molecule has 1 amide bonds. The standard InChI is InChI=1S/C15H18FN5O2/c16-12-4-11(5-17-6-12)15(23)18-14-3-1-2-10(14)7-21-8-13(9-22)19-20-21/h4-6,8,10,14,22H,1-3,7,9H2,(H,18,23)/t10-,14-/m0/s1. The number of pyridine rings is 1. The molecular formula is C15H18FN5O2. The molecule has 2 aromatic rings. The zero-order valence-corrected chi connectivity index (χ0v) is 12.5. The molecule has 0 radical (unpaired) electrons. The maximum Gasteiger partial charge on any atom is 0.253 e. The van der Waals surface area contributed by atoms with Gasteiger partial charge in [0.2, 0.25) is 0 Å². The van der Waals surface area contributed by atoms with Gasteiger partial charge in [0.25, 0.3) is 5.91 Å². The first-order chi connectivity index (χ1) is 11.2. The van der Waals surface area contributed by atoms with Crippen molar-refractivity contribution < 1.29 is 14.3 Å². The van der Waals surface area contributed by atoms with Crippen LogP contribution in [0.25, 0.3) is 0 Å². The van der Waals surface area contributed by atoms with Crippen LogP contribution in [0.5, 0.6) is 0 Å². The predicted molar refractivity (Wildman–Crippen MR) is 78.7 cm³/mol. The van der Waals surface area contributed by atoms with E-state index >= 15 is 0 Å². The van der Waals surface area contributed by atoms with Gasteiger partial charge >= 0.3 is 0 Å². The van der Waals surface area contributed by atoms with Crippen LogP contribution in [0.2, 0.25) is 0 Å². The summed E-state index contributed by atoms with van der Waals surface area (Å²) in [6.07, 6.45) is 6.99. The van der Waals surface area contributed by atoms with Crippen LogP contribution in [0.4, 0.5) is 4.39 Å². The van der Waals surface area contributed by atoms with Crippen molar-refractivity contribution in [2.75, 3.05) is 0 Å². The second kappa shape index (κ2) is 6.82. The molecule has 122 valence electrons. The maximum atomic E-state index is 13.2. The normalized spacial score (nSPS) is 20.6. The first-order valence-electron chi connectivity index (χ1n) is 7.57. The summed E-state index contributed by atoms with van der Waals surface area (Å²) in [5.41, 5.74) is 0.744. The van der Waals surface area contributed by atoms with Gasteiger partial charge in [-0.05, 0) is 24.8 Å². The van der Waals surface area contributed by atoms with Crippen molar-refractivity contribution >= 4 is 5.91 Å². The van der Waals surface area contributed by atoms with Crippen molar-refractivity contribution in [3.8, 4) is 0 Å². The number of nitrogens with one attached hydrogen (secondary N) is 1. The molecule has 8 heteroatoms. The van der Waals surface area contributed by atoms with E-state index in [-0.39, 0.29) is 30.0 Å². The minimum absolute atomic E-state index is 0.00699. The molecule has 0 aliphatic heterocycles. The fourth-order valence-corrected chi connectivity index (χ4v) is 2.97. The number of carbonyl (C=O) groups excluding carboxylic acids is 1. The average molecular weight is 319 g/mol. The van der Waals surface area contributed by atoms with E-state index in [4.69, 9.17) is 5.11 Å². The van der Waals surface area contributed by atoms with Gasteiger partial charge in [-0.15, -0.1) is 5.10 Å². The van der Waals surface area contributed by atoms with E-state index in [0.717, 1.165) is 25.5 Å². The summed E-state index contributed by atoms with van der Waals surface area (Å²) in [5.74, 6) is -0.614. The minimum Gasteiger partial charge on any atom is -0.390 e. The van der Waals surface area contributed by atoms with Crippen molar-refractivity contribution in [3.63, 3.8) is 0 Å². The number of carbonyl (C=O) groups is 1. The number of amides is 1. The number of rotatable bonds is 5. The van der Waals surface area contributed by atoms with Crippen LogP contribution in [0.15, 0.2) is 24.7 Å². The number of hydrogen-bond donors (Lipinski definition) is 2. The quantitative estimate of drug-likeness (QED) is 0.854. The van der Waals surface area contributed by atoms with Gasteiger partial charge in [0.05, 0.1) is 24.6 Å². The molecule has 0 saturated heterocycles. The first kappa shape index (κ1) is 15.5. The zero-order valence-electron chi connectivity index (χ0n) is 12.5. The molecule has 0 aromatic carbocycles. The third-order valence-corrected chi connectivity index (χ3v) is 4.11. The highest BCUT2D eigenvalue weighted by Crippen LogP contribution is 2.27. The van der Waals surface area contributed by atoms with Crippen molar-refractivity contribution in [2.24, 2.45) is 5.92 Å². The number of aliphatic hydroxyl groups excluding tert-OH is 1. The molecule has 2 aromatic heterocycles. The Kier molecular flexibility index (Phi) is 4.61. The summed E-state index contributed by atoms with van der Waals surface area (Å²) in [7, 11) is 0. The minimum atomic E-state index is -0.528. The molecule has 1 aliphatic carbocycles. The fourth-order valence-electron chi connectivity index (χ4n) is 2.97. The topological polar surface area (TPSA) is 92.9 Å². The lowest BCUT2D eigenvalue weighted by molar-refractivity contribution is 0.0924. The summed E-state index contributed by atoms with van der Waals surface area (Å²) < 4.78 is 14.8. The Labute approximate surface area is 132 Å².